The first-order chi connectivity index (χ1) is 11.2. The summed E-state index contributed by atoms with van der Waals surface area (Å²) in [5.41, 5.74) is 5.41. The number of hydrogen-bond donors (Lipinski definition) is 2. The highest BCUT2D eigenvalue weighted by Crippen LogP contribution is 2.35. The van der Waals surface area contributed by atoms with Gasteiger partial charge in [-0.1, -0.05) is 36.4 Å². The largest absolute Gasteiger partial charge is 0.386 e. The Morgan fingerprint density at radius 3 is 2.52 bits per heavy atom. The topological polar surface area (TPSA) is 50.4 Å². The summed E-state index contributed by atoms with van der Waals surface area (Å²) >= 11 is 0. The van der Waals surface area contributed by atoms with E-state index in [0.717, 1.165) is 34.4 Å². The molecule has 0 aliphatic rings. The predicted molar refractivity (Wildman–Crippen MR) is 95.9 cm³/mol. The Kier molecular flexibility index (Phi) is 6.18. The summed E-state index contributed by atoms with van der Waals surface area (Å²) in [4.78, 5) is 10.7. The lowest BCUT2D eigenvalue weighted by atomic mass is 10.0. The van der Waals surface area contributed by atoms with Crippen LogP contribution in [-0.2, 0) is 16.1 Å². The molecule has 0 bridgehead atoms. The lowest BCUT2D eigenvalue weighted by Crippen LogP contribution is -2.17. The van der Waals surface area contributed by atoms with Crippen molar-refractivity contribution >= 4 is 17.7 Å². The van der Waals surface area contributed by atoms with Crippen LogP contribution in [0.4, 0.5) is 11.4 Å². The van der Waals surface area contributed by atoms with E-state index >= 15 is 0 Å². The Bertz CT molecular complexity index is 638. The Hall–Kier alpha value is -2.33. The minimum Gasteiger partial charge on any atom is -0.386 e. The van der Waals surface area contributed by atoms with Crippen LogP contribution in [0.15, 0.2) is 42.5 Å². The van der Waals surface area contributed by atoms with E-state index in [1.54, 1.807) is 7.11 Å². The zero-order valence-electron chi connectivity index (χ0n) is 13.9. The average Bonchev–Trinajstić information content (AvgIpc) is 2.56. The molecule has 4 nitrogen and oxygen atoms in total. The monoisotopic (exact) mass is 312 g/mol. The number of methoxy groups -OCH3 is 1. The van der Waals surface area contributed by atoms with Gasteiger partial charge in [0.05, 0.1) is 18.0 Å². The molecule has 0 radical (unpaired) electrons. The van der Waals surface area contributed by atoms with Crippen LogP contribution in [0.1, 0.15) is 18.9 Å². The van der Waals surface area contributed by atoms with Crippen molar-refractivity contribution < 1.29 is 9.53 Å². The molecule has 23 heavy (non-hydrogen) atoms. The predicted octanol–water partition coefficient (Wildman–Crippen LogP) is 3.93. The third-order valence-corrected chi connectivity index (χ3v) is 3.75. The molecule has 0 amide bonds. The van der Waals surface area contributed by atoms with Crippen LogP contribution in [0.3, 0.4) is 0 Å². The van der Waals surface area contributed by atoms with Crippen molar-refractivity contribution in [2.24, 2.45) is 0 Å². The summed E-state index contributed by atoms with van der Waals surface area (Å²) in [6.07, 6.45) is 1.42. The second kappa shape index (κ2) is 8.34. The van der Waals surface area contributed by atoms with Crippen molar-refractivity contribution in [2.45, 2.75) is 26.0 Å². The van der Waals surface area contributed by atoms with Crippen LogP contribution in [-0.4, -0.2) is 26.5 Å². The summed E-state index contributed by atoms with van der Waals surface area (Å²) in [6.45, 7) is 2.62. The summed E-state index contributed by atoms with van der Waals surface area (Å²) < 4.78 is 5.16. The molecule has 2 N–H and O–H groups in total. The van der Waals surface area contributed by atoms with Gasteiger partial charge in [-0.25, -0.2) is 0 Å². The third-order valence-electron chi connectivity index (χ3n) is 3.75. The Morgan fingerprint density at radius 2 is 1.91 bits per heavy atom. The lowest BCUT2D eigenvalue weighted by Gasteiger charge is -2.20. The normalized spacial score (nSPS) is 11.8. The fourth-order valence-corrected chi connectivity index (χ4v) is 2.55. The summed E-state index contributed by atoms with van der Waals surface area (Å²) in [7, 11) is 3.59. The summed E-state index contributed by atoms with van der Waals surface area (Å²) in [5, 5.41) is 6.66. The SMILES string of the molecule is CNc1cccc(-c2ccc(COC)cc2)c1N[C@H](C)CC=O. The fraction of sp³-hybridized carbons (Fsp3) is 0.316. The standard InChI is InChI=1S/C19H24N2O2/c1-14(11-12-22)21-19-17(5-4-6-18(19)20-2)16-9-7-15(8-10-16)13-23-3/h4-10,12,14,20-21H,11,13H2,1-3H3/t14-/m1/s1. The molecular weight excluding hydrogens is 288 g/mol. The summed E-state index contributed by atoms with van der Waals surface area (Å²) in [6, 6.07) is 14.6. The Morgan fingerprint density at radius 1 is 1.17 bits per heavy atom. The van der Waals surface area contributed by atoms with Gasteiger partial charge in [0, 0.05) is 32.2 Å². The van der Waals surface area contributed by atoms with Gasteiger partial charge >= 0.3 is 0 Å². The van der Waals surface area contributed by atoms with Gasteiger partial charge in [0.25, 0.3) is 0 Å². The van der Waals surface area contributed by atoms with Gasteiger partial charge < -0.3 is 20.2 Å². The number of ether oxygens (including phenoxy) is 1. The smallest absolute Gasteiger partial charge is 0.122 e. The van der Waals surface area contributed by atoms with Gasteiger partial charge in [0.2, 0.25) is 0 Å². The minimum absolute atomic E-state index is 0.0773. The van der Waals surface area contributed by atoms with E-state index in [1.807, 2.05) is 26.1 Å². The molecule has 0 aromatic heterocycles. The number of carbonyl (C=O) groups excluding carboxylic acids is 1. The quantitative estimate of drug-likeness (QED) is 0.725. The number of aldehydes is 1. The molecule has 2 aromatic rings. The molecule has 1 atom stereocenters. The van der Waals surface area contributed by atoms with Crippen LogP contribution in [0.5, 0.6) is 0 Å². The van der Waals surface area contributed by atoms with E-state index in [9.17, 15) is 4.79 Å². The highest BCUT2D eigenvalue weighted by molar-refractivity contribution is 5.87. The van der Waals surface area contributed by atoms with E-state index in [1.165, 1.54) is 0 Å². The van der Waals surface area contributed by atoms with Crippen LogP contribution in [0, 0.1) is 0 Å². The van der Waals surface area contributed by atoms with Gasteiger partial charge in [-0.05, 0) is 24.1 Å². The maximum absolute atomic E-state index is 10.7. The van der Waals surface area contributed by atoms with Crippen molar-refractivity contribution in [2.75, 3.05) is 24.8 Å². The number of hydrogen-bond acceptors (Lipinski definition) is 4. The maximum Gasteiger partial charge on any atom is 0.122 e. The van der Waals surface area contributed by atoms with Crippen molar-refractivity contribution in [3.63, 3.8) is 0 Å². The van der Waals surface area contributed by atoms with Gasteiger partial charge in [0.1, 0.15) is 6.29 Å². The van der Waals surface area contributed by atoms with Gasteiger partial charge in [-0.3, -0.25) is 0 Å². The van der Waals surface area contributed by atoms with Crippen molar-refractivity contribution in [3.05, 3.63) is 48.0 Å². The molecule has 0 heterocycles. The Balaban J connectivity index is 2.38. The molecule has 0 fully saturated rings. The first-order valence-electron chi connectivity index (χ1n) is 7.78. The van der Waals surface area contributed by atoms with E-state index in [4.69, 9.17) is 4.74 Å². The third kappa shape index (κ3) is 4.33. The molecule has 0 unspecified atom stereocenters. The molecule has 0 saturated heterocycles. The molecule has 122 valence electrons. The Labute approximate surface area is 137 Å². The molecule has 2 rings (SSSR count). The van der Waals surface area contributed by atoms with Crippen LogP contribution in [0.2, 0.25) is 0 Å². The van der Waals surface area contributed by atoms with Crippen LogP contribution >= 0.6 is 0 Å². The fourth-order valence-electron chi connectivity index (χ4n) is 2.55. The molecular formula is C19H24N2O2. The molecule has 0 aliphatic heterocycles. The maximum atomic E-state index is 10.7. The minimum atomic E-state index is 0.0773. The zero-order chi connectivity index (χ0) is 16.7. The van der Waals surface area contributed by atoms with Crippen molar-refractivity contribution in [1.82, 2.24) is 0 Å². The zero-order valence-corrected chi connectivity index (χ0v) is 13.9. The first-order valence-corrected chi connectivity index (χ1v) is 7.78. The van der Waals surface area contributed by atoms with E-state index in [-0.39, 0.29) is 6.04 Å². The highest BCUT2D eigenvalue weighted by atomic mass is 16.5. The number of rotatable bonds is 8. The van der Waals surface area contributed by atoms with Crippen molar-refractivity contribution in [1.29, 1.82) is 0 Å². The molecule has 2 aromatic carbocycles. The molecule has 0 aliphatic carbocycles. The van der Waals surface area contributed by atoms with Gasteiger partial charge in [-0.15, -0.1) is 0 Å². The van der Waals surface area contributed by atoms with Gasteiger partial charge in [0.15, 0.2) is 0 Å². The van der Waals surface area contributed by atoms with E-state index in [2.05, 4.69) is 41.0 Å². The van der Waals surface area contributed by atoms with Crippen LogP contribution < -0.4 is 10.6 Å². The number of carbonyl (C=O) groups is 1. The second-order valence-corrected chi connectivity index (χ2v) is 5.56. The number of anilines is 2. The van der Waals surface area contributed by atoms with Crippen molar-refractivity contribution in [3.8, 4) is 11.1 Å². The first kappa shape index (κ1) is 17.0. The van der Waals surface area contributed by atoms with E-state index < -0.39 is 0 Å². The van der Waals surface area contributed by atoms with Gasteiger partial charge in [-0.2, -0.15) is 0 Å². The summed E-state index contributed by atoms with van der Waals surface area (Å²) in [5.74, 6) is 0. The number of benzene rings is 2. The molecule has 0 spiro atoms. The number of para-hydroxylation sites is 1. The van der Waals surface area contributed by atoms with E-state index in [0.29, 0.717) is 13.0 Å². The molecule has 4 heteroatoms. The number of nitrogens with one attached hydrogen (secondary N) is 2. The lowest BCUT2D eigenvalue weighted by molar-refractivity contribution is -0.107. The molecule has 0 saturated carbocycles. The average molecular weight is 312 g/mol. The van der Waals surface area contributed by atoms with Crippen LogP contribution in [0.25, 0.3) is 11.1 Å². The highest BCUT2D eigenvalue weighted by Gasteiger charge is 2.12. The second-order valence-electron chi connectivity index (χ2n) is 5.56.